The van der Waals surface area contributed by atoms with Crippen molar-refractivity contribution in [2.75, 3.05) is 25.4 Å². The lowest BCUT2D eigenvalue weighted by Gasteiger charge is -2.37. The Morgan fingerprint density at radius 1 is 1.19 bits per heavy atom. The highest BCUT2D eigenvalue weighted by Crippen LogP contribution is 2.51. The minimum atomic E-state index is 0.342. The summed E-state index contributed by atoms with van der Waals surface area (Å²) in [5.74, 6) is 1.28. The molecule has 2 heteroatoms. The number of thioether (sulfide) groups is 1. The van der Waals surface area contributed by atoms with Crippen molar-refractivity contribution in [3.05, 3.63) is 41.0 Å². The lowest BCUT2D eigenvalue weighted by atomic mass is 9.90. The van der Waals surface area contributed by atoms with Gasteiger partial charge in [0, 0.05) is 4.75 Å². The molecule has 0 spiro atoms. The van der Waals surface area contributed by atoms with Crippen LogP contribution in [0.2, 0.25) is 0 Å². The highest BCUT2D eigenvalue weighted by atomic mass is 32.2. The minimum Gasteiger partial charge on any atom is -0.304 e. The molecule has 0 aromatic heterocycles. The van der Waals surface area contributed by atoms with Crippen LogP contribution in [0.3, 0.4) is 0 Å². The van der Waals surface area contributed by atoms with Gasteiger partial charge in [-0.15, -0.1) is 0 Å². The highest BCUT2D eigenvalue weighted by Gasteiger charge is 2.38. The van der Waals surface area contributed by atoms with E-state index in [1.54, 1.807) is 22.3 Å². The van der Waals surface area contributed by atoms with E-state index in [1.165, 1.54) is 44.6 Å². The maximum Gasteiger partial charge on any atom is 0.0361 e. The molecule has 1 heterocycles. The topological polar surface area (TPSA) is 3.24 Å². The van der Waals surface area contributed by atoms with Crippen LogP contribution in [0.5, 0.6) is 0 Å². The first kappa shape index (κ1) is 15.2. The number of allylic oxidation sites excluding steroid dienone is 1. The van der Waals surface area contributed by atoms with E-state index in [9.17, 15) is 0 Å². The van der Waals surface area contributed by atoms with Crippen molar-refractivity contribution in [3.8, 4) is 0 Å². The van der Waals surface area contributed by atoms with E-state index in [-0.39, 0.29) is 0 Å². The Bertz CT molecular complexity index is 544. The Balaban J connectivity index is 1.83. The van der Waals surface area contributed by atoms with E-state index in [1.807, 2.05) is 0 Å². The third-order valence-electron chi connectivity index (χ3n) is 5.28. The van der Waals surface area contributed by atoms with Crippen molar-refractivity contribution >= 4 is 17.3 Å². The summed E-state index contributed by atoms with van der Waals surface area (Å²) in [6.45, 7) is 10.6. The standard InChI is InChI=1S/C19H27NS/c1-4-20(5-2)12-11-19(3)18-14-15-8-6-7-9-16(15)17(18)10-13-21-19/h6-9H,4-5,10-14H2,1-3H3. The second-order valence-corrected chi connectivity index (χ2v) is 8.00. The number of hydrogen-bond acceptors (Lipinski definition) is 2. The van der Waals surface area contributed by atoms with Crippen LogP contribution in [0.1, 0.15) is 44.7 Å². The molecular formula is C19H27NS. The predicted molar refractivity (Wildman–Crippen MR) is 95.0 cm³/mol. The van der Waals surface area contributed by atoms with Crippen LogP contribution in [-0.4, -0.2) is 35.0 Å². The molecule has 0 radical (unpaired) electrons. The van der Waals surface area contributed by atoms with E-state index >= 15 is 0 Å². The zero-order valence-corrected chi connectivity index (χ0v) is 14.4. The molecule has 0 bridgehead atoms. The maximum atomic E-state index is 2.56. The van der Waals surface area contributed by atoms with Gasteiger partial charge in [0.2, 0.25) is 0 Å². The van der Waals surface area contributed by atoms with E-state index in [0.29, 0.717) is 4.75 Å². The second kappa shape index (κ2) is 6.18. The number of nitrogens with zero attached hydrogens (tertiary/aromatic N) is 1. The van der Waals surface area contributed by atoms with Crippen LogP contribution in [0, 0.1) is 0 Å². The Labute approximate surface area is 133 Å². The summed E-state index contributed by atoms with van der Waals surface area (Å²) in [5.41, 5.74) is 6.50. The van der Waals surface area contributed by atoms with Gasteiger partial charge in [0.15, 0.2) is 0 Å². The van der Waals surface area contributed by atoms with Crippen LogP contribution in [0.4, 0.5) is 0 Å². The molecule has 0 saturated heterocycles. The van der Waals surface area contributed by atoms with Gasteiger partial charge in [-0.3, -0.25) is 0 Å². The van der Waals surface area contributed by atoms with Gasteiger partial charge in [-0.25, -0.2) is 0 Å². The monoisotopic (exact) mass is 301 g/mol. The first-order valence-corrected chi connectivity index (χ1v) is 9.33. The molecule has 1 aromatic rings. The summed E-state index contributed by atoms with van der Waals surface area (Å²) < 4.78 is 0.342. The molecular weight excluding hydrogens is 274 g/mol. The lowest BCUT2D eigenvalue weighted by Crippen LogP contribution is -2.34. The van der Waals surface area contributed by atoms with Crippen LogP contribution in [0.25, 0.3) is 5.57 Å². The number of fused-ring (bicyclic) bond motifs is 2. The number of hydrogen-bond donors (Lipinski definition) is 0. The van der Waals surface area contributed by atoms with E-state index < -0.39 is 0 Å². The molecule has 0 saturated carbocycles. The molecule has 3 rings (SSSR count). The number of benzene rings is 1. The third-order valence-corrected chi connectivity index (χ3v) is 6.78. The molecule has 1 nitrogen and oxygen atoms in total. The van der Waals surface area contributed by atoms with Crippen molar-refractivity contribution in [1.82, 2.24) is 4.90 Å². The predicted octanol–water partition coefficient (Wildman–Crippen LogP) is 4.62. The molecule has 1 unspecified atom stereocenters. The lowest BCUT2D eigenvalue weighted by molar-refractivity contribution is 0.291. The fourth-order valence-corrected chi connectivity index (χ4v) is 5.18. The summed E-state index contributed by atoms with van der Waals surface area (Å²) in [7, 11) is 0. The van der Waals surface area contributed by atoms with E-state index in [0.717, 1.165) is 0 Å². The van der Waals surface area contributed by atoms with Crippen molar-refractivity contribution in [2.45, 2.75) is 44.8 Å². The molecule has 0 amide bonds. The zero-order valence-electron chi connectivity index (χ0n) is 13.6. The molecule has 0 N–H and O–H groups in total. The van der Waals surface area contributed by atoms with Crippen LogP contribution in [0.15, 0.2) is 29.8 Å². The average molecular weight is 301 g/mol. The van der Waals surface area contributed by atoms with Gasteiger partial charge in [-0.1, -0.05) is 38.1 Å². The first-order chi connectivity index (χ1) is 10.2. The van der Waals surface area contributed by atoms with Gasteiger partial charge in [0.1, 0.15) is 0 Å². The van der Waals surface area contributed by atoms with Gasteiger partial charge >= 0.3 is 0 Å². The Kier molecular flexibility index (Phi) is 4.46. The normalized spacial score (nSPS) is 24.4. The summed E-state index contributed by atoms with van der Waals surface area (Å²) in [6.07, 6.45) is 3.73. The Morgan fingerprint density at radius 2 is 1.95 bits per heavy atom. The average Bonchev–Trinajstić information content (AvgIpc) is 2.89. The van der Waals surface area contributed by atoms with Gasteiger partial charge in [-0.2, -0.15) is 11.8 Å². The Hall–Kier alpha value is -0.730. The highest BCUT2D eigenvalue weighted by molar-refractivity contribution is 8.00. The van der Waals surface area contributed by atoms with Crippen molar-refractivity contribution < 1.29 is 0 Å². The summed E-state index contributed by atoms with van der Waals surface area (Å²) >= 11 is 2.19. The SMILES string of the molecule is CCN(CC)CCC1(C)SCCC2=C1Cc1ccccc12. The minimum absolute atomic E-state index is 0.342. The van der Waals surface area contributed by atoms with E-state index in [2.05, 4.69) is 61.7 Å². The summed E-state index contributed by atoms with van der Waals surface area (Å²) in [5, 5.41) is 0. The molecule has 1 aliphatic carbocycles. The molecule has 21 heavy (non-hydrogen) atoms. The summed E-state index contributed by atoms with van der Waals surface area (Å²) in [4.78, 5) is 2.56. The second-order valence-electron chi connectivity index (χ2n) is 6.40. The van der Waals surface area contributed by atoms with Gasteiger partial charge in [-0.05, 0) is 73.8 Å². The molecule has 114 valence electrons. The van der Waals surface area contributed by atoms with Crippen LogP contribution in [-0.2, 0) is 6.42 Å². The molecule has 1 atom stereocenters. The van der Waals surface area contributed by atoms with Gasteiger partial charge < -0.3 is 4.90 Å². The first-order valence-electron chi connectivity index (χ1n) is 8.35. The fourth-order valence-electron chi connectivity index (χ4n) is 3.82. The third kappa shape index (κ3) is 2.80. The van der Waals surface area contributed by atoms with Gasteiger partial charge in [0.25, 0.3) is 0 Å². The maximum absolute atomic E-state index is 2.56. The van der Waals surface area contributed by atoms with Crippen molar-refractivity contribution in [2.24, 2.45) is 0 Å². The summed E-state index contributed by atoms with van der Waals surface area (Å²) in [6, 6.07) is 9.04. The smallest absolute Gasteiger partial charge is 0.0361 e. The molecule has 1 aromatic carbocycles. The number of rotatable bonds is 5. The fraction of sp³-hybridized carbons (Fsp3) is 0.579. The molecule has 1 aliphatic heterocycles. The molecule has 2 aliphatic rings. The van der Waals surface area contributed by atoms with Crippen LogP contribution < -0.4 is 0 Å². The zero-order chi connectivity index (χ0) is 14.9. The largest absolute Gasteiger partial charge is 0.304 e. The van der Waals surface area contributed by atoms with Crippen molar-refractivity contribution in [1.29, 1.82) is 0 Å². The quantitative estimate of drug-likeness (QED) is 0.780. The van der Waals surface area contributed by atoms with Crippen LogP contribution >= 0.6 is 11.8 Å². The van der Waals surface area contributed by atoms with Crippen molar-refractivity contribution in [3.63, 3.8) is 0 Å². The van der Waals surface area contributed by atoms with Gasteiger partial charge in [0.05, 0.1) is 0 Å². The molecule has 0 fully saturated rings. The Morgan fingerprint density at radius 3 is 2.71 bits per heavy atom. The van der Waals surface area contributed by atoms with E-state index in [4.69, 9.17) is 0 Å².